The number of nitro groups is 1. The van der Waals surface area contributed by atoms with Crippen LogP contribution in [-0.2, 0) is 11.2 Å². The number of non-ortho nitro benzene ring substituents is 1. The Morgan fingerprint density at radius 2 is 1.87 bits per heavy atom. The van der Waals surface area contributed by atoms with Gasteiger partial charge in [0, 0.05) is 24.3 Å². The number of nitrogens with one attached hydrogen (secondary N) is 1. The summed E-state index contributed by atoms with van der Waals surface area (Å²) in [5, 5.41) is 14.5. The Kier molecular flexibility index (Phi) is 5.57. The highest BCUT2D eigenvalue weighted by Crippen LogP contribution is 2.13. The number of hydrazone groups is 1. The van der Waals surface area contributed by atoms with E-state index in [-0.39, 0.29) is 23.9 Å². The fourth-order valence-electron chi connectivity index (χ4n) is 2.02. The summed E-state index contributed by atoms with van der Waals surface area (Å²) in [6.07, 6.45) is 1.79. The van der Waals surface area contributed by atoms with Crippen LogP contribution in [0, 0.1) is 10.1 Å². The van der Waals surface area contributed by atoms with Gasteiger partial charge in [-0.1, -0.05) is 49.4 Å². The molecular formula is C17H17N3O3. The van der Waals surface area contributed by atoms with Crippen LogP contribution in [0.25, 0.3) is 0 Å². The van der Waals surface area contributed by atoms with Crippen LogP contribution in [0.3, 0.4) is 0 Å². The van der Waals surface area contributed by atoms with Gasteiger partial charge in [-0.25, -0.2) is 5.43 Å². The van der Waals surface area contributed by atoms with Gasteiger partial charge in [0.1, 0.15) is 0 Å². The highest BCUT2D eigenvalue weighted by Gasteiger charge is 2.07. The minimum Gasteiger partial charge on any atom is -0.273 e. The first kappa shape index (κ1) is 16.4. The summed E-state index contributed by atoms with van der Waals surface area (Å²) in [4.78, 5) is 21.9. The fraction of sp³-hybridized carbons (Fsp3) is 0.176. The second kappa shape index (κ2) is 7.84. The van der Waals surface area contributed by atoms with Gasteiger partial charge in [0.25, 0.3) is 5.69 Å². The Bertz CT molecular complexity index is 697. The van der Waals surface area contributed by atoms with E-state index >= 15 is 0 Å². The molecule has 0 heterocycles. The SMILES string of the molecule is C[C@H](/C=N\NC(=O)Cc1ccc([N+](=O)[O-])cc1)c1ccccc1. The number of rotatable bonds is 6. The quantitative estimate of drug-likeness (QED) is 0.505. The van der Waals surface area contributed by atoms with E-state index in [1.54, 1.807) is 18.3 Å². The van der Waals surface area contributed by atoms with Crippen molar-refractivity contribution in [3.63, 3.8) is 0 Å². The minimum absolute atomic E-state index is 0.00358. The number of carbonyl (C=O) groups is 1. The largest absolute Gasteiger partial charge is 0.273 e. The van der Waals surface area contributed by atoms with Gasteiger partial charge >= 0.3 is 0 Å². The van der Waals surface area contributed by atoms with Gasteiger partial charge in [0.2, 0.25) is 5.91 Å². The summed E-state index contributed by atoms with van der Waals surface area (Å²) in [6.45, 7) is 1.99. The molecule has 23 heavy (non-hydrogen) atoms. The summed E-state index contributed by atoms with van der Waals surface area (Å²) < 4.78 is 0. The van der Waals surface area contributed by atoms with Gasteiger partial charge in [0.05, 0.1) is 11.3 Å². The van der Waals surface area contributed by atoms with Crippen molar-refractivity contribution in [3.8, 4) is 0 Å². The van der Waals surface area contributed by atoms with Crippen molar-refractivity contribution in [2.24, 2.45) is 5.10 Å². The first-order valence-electron chi connectivity index (χ1n) is 7.16. The second-order valence-corrected chi connectivity index (χ2v) is 5.11. The van der Waals surface area contributed by atoms with Crippen LogP contribution in [0.15, 0.2) is 59.7 Å². The molecule has 0 bridgehead atoms. The highest BCUT2D eigenvalue weighted by molar-refractivity contribution is 5.79. The van der Waals surface area contributed by atoms with Gasteiger partial charge in [-0.15, -0.1) is 0 Å². The average molecular weight is 311 g/mol. The number of nitrogens with zero attached hydrogens (tertiary/aromatic N) is 2. The zero-order valence-corrected chi connectivity index (χ0v) is 12.7. The van der Waals surface area contributed by atoms with Crippen LogP contribution in [0.5, 0.6) is 0 Å². The van der Waals surface area contributed by atoms with Crippen LogP contribution in [0.1, 0.15) is 24.0 Å². The summed E-state index contributed by atoms with van der Waals surface area (Å²) >= 11 is 0. The van der Waals surface area contributed by atoms with E-state index in [1.165, 1.54) is 12.1 Å². The first-order chi connectivity index (χ1) is 11.1. The monoisotopic (exact) mass is 311 g/mol. The molecule has 2 aromatic rings. The summed E-state index contributed by atoms with van der Waals surface area (Å²) in [5.41, 5.74) is 4.28. The molecule has 1 atom stereocenters. The Morgan fingerprint density at radius 3 is 2.48 bits per heavy atom. The third-order valence-electron chi connectivity index (χ3n) is 3.32. The first-order valence-corrected chi connectivity index (χ1v) is 7.16. The molecule has 0 aliphatic heterocycles. The fourth-order valence-corrected chi connectivity index (χ4v) is 2.02. The molecular weight excluding hydrogens is 294 g/mol. The molecule has 0 aliphatic rings. The predicted octanol–water partition coefficient (Wildman–Crippen LogP) is 3.04. The molecule has 6 heteroatoms. The molecule has 1 N–H and O–H groups in total. The predicted molar refractivity (Wildman–Crippen MR) is 88.3 cm³/mol. The lowest BCUT2D eigenvalue weighted by Gasteiger charge is -2.05. The van der Waals surface area contributed by atoms with E-state index < -0.39 is 4.92 Å². The molecule has 0 spiro atoms. The van der Waals surface area contributed by atoms with Crippen molar-refractivity contribution in [2.45, 2.75) is 19.3 Å². The maximum absolute atomic E-state index is 11.8. The molecule has 0 aliphatic carbocycles. The van der Waals surface area contributed by atoms with Gasteiger partial charge in [-0.05, 0) is 11.1 Å². The van der Waals surface area contributed by atoms with Crippen molar-refractivity contribution in [1.82, 2.24) is 5.43 Å². The van der Waals surface area contributed by atoms with E-state index in [0.29, 0.717) is 5.56 Å². The van der Waals surface area contributed by atoms with Gasteiger partial charge in [-0.3, -0.25) is 14.9 Å². The van der Waals surface area contributed by atoms with Crippen LogP contribution in [-0.4, -0.2) is 17.0 Å². The third kappa shape index (κ3) is 5.03. The van der Waals surface area contributed by atoms with Crippen molar-refractivity contribution in [2.75, 3.05) is 0 Å². The Hall–Kier alpha value is -3.02. The van der Waals surface area contributed by atoms with Crippen molar-refractivity contribution < 1.29 is 9.72 Å². The van der Waals surface area contributed by atoms with E-state index in [4.69, 9.17) is 0 Å². The second-order valence-electron chi connectivity index (χ2n) is 5.11. The van der Waals surface area contributed by atoms with Crippen molar-refractivity contribution in [3.05, 3.63) is 75.8 Å². The van der Waals surface area contributed by atoms with Crippen LogP contribution < -0.4 is 5.43 Å². The van der Waals surface area contributed by atoms with E-state index in [2.05, 4.69) is 10.5 Å². The summed E-state index contributed by atoms with van der Waals surface area (Å²) in [6, 6.07) is 15.7. The lowest BCUT2D eigenvalue weighted by atomic mass is 10.0. The lowest BCUT2D eigenvalue weighted by molar-refractivity contribution is -0.384. The van der Waals surface area contributed by atoms with Crippen LogP contribution >= 0.6 is 0 Å². The summed E-state index contributed by atoms with van der Waals surface area (Å²) in [5.74, 6) is -0.175. The molecule has 0 saturated carbocycles. The molecule has 6 nitrogen and oxygen atoms in total. The molecule has 2 rings (SSSR count). The van der Waals surface area contributed by atoms with Crippen LogP contribution in [0.4, 0.5) is 5.69 Å². The maximum Gasteiger partial charge on any atom is 0.269 e. The molecule has 0 saturated heterocycles. The van der Waals surface area contributed by atoms with E-state index in [1.807, 2.05) is 37.3 Å². The smallest absolute Gasteiger partial charge is 0.269 e. The third-order valence-corrected chi connectivity index (χ3v) is 3.32. The lowest BCUT2D eigenvalue weighted by Crippen LogP contribution is -2.20. The molecule has 0 radical (unpaired) electrons. The molecule has 0 unspecified atom stereocenters. The van der Waals surface area contributed by atoms with Gasteiger partial charge in [0.15, 0.2) is 0 Å². The number of nitro benzene ring substituents is 1. The Morgan fingerprint density at radius 1 is 1.22 bits per heavy atom. The zero-order valence-electron chi connectivity index (χ0n) is 12.7. The molecule has 2 aromatic carbocycles. The van der Waals surface area contributed by atoms with E-state index in [0.717, 1.165) is 5.56 Å². The normalized spacial score (nSPS) is 12.0. The Labute approximate surface area is 134 Å². The number of amides is 1. The average Bonchev–Trinajstić information content (AvgIpc) is 2.56. The Balaban J connectivity index is 1.85. The van der Waals surface area contributed by atoms with Crippen LogP contribution in [0.2, 0.25) is 0 Å². The maximum atomic E-state index is 11.8. The zero-order chi connectivity index (χ0) is 16.7. The van der Waals surface area contributed by atoms with Crippen molar-refractivity contribution in [1.29, 1.82) is 0 Å². The van der Waals surface area contributed by atoms with Gasteiger partial charge < -0.3 is 0 Å². The number of hydrogen-bond acceptors (Lipinski definition) is 4. The van der Waals surface area contributed by atoms with Crippen molar-refractivity contribution >= 4 is 17.8 Å². The number of hydrogen-bond donors (Lipinski definition) is 1. The minimum atomic E-state index is -0.473. The summed E-state index contributed by atoms with van der Waals surface area (Å²) in [7, 11) is 0. The molecule has 0 fully saturated rings. The highest BCUT2D eigenvalue weighted by atomic mass is 16.6. The number of carbonyl (C=O) groups excluding carboxylic acids is 1. The molecule has 118 valence electrons. The number of benzene rings is 2. The topological polar surface area (TPSA) is 84.6 Å². The van der Waals surface area contributed by atoms with E-state index in [9.17, 15) is 14.9 Å². The molecule has 0 aromatic heterocycles. The molecule has 1 amide bonds. The van der Waals surface area contributed by atoms with Gasteiger partial charge in [-0.2, -0.15) is 5.10 Å². The standard InChI is InChI=1S/C17H17N3O3/c1-13(15-5-3-2-4-6-15)12-18-19-17(21)11-14-7-9-16(10-8-14)20(22)23/h2-10,12-13H,11H2,1H3,(H,19,21)/b18-12-/t13-/m1/s1.